The Morgan fingerprint density at radius 1 is 0.800 bits per heavy atom. The molecule has 2 aromatic heterocycles. The summed E-state index contributed by atoms with van der Waals surface area (Å²) in [6.45, 7) is 4.13. The summed E-state index contributed by atoms with van der Waals surface area (Å²) < 4.78 is 2.00. The zero-order valence-electron chi connectivity index (χ0n) is 14.2. The molecule has 0 fully saturated rings. The van der Waals surface area contributed by atoms with Crippen LogP contribution < -0.4 is 0 Å². The van der Waals surface area contributed by atoms with E-state index >= 15 is 0 Å². The Hall–Kier alpha value is -3.27. The number of aryl methyl sites for hydroxylation is 2. The van der Waals surface area contributed by atoms with Gasteiger partial charge >= 0.3 is 0 Å². The fourth-order valence-corrected chi connectivity index (χ4v) is 2.79. The zero-order chi connectivity index (χ0) is 17.2. The maximum absolute atomic E-state index is 4.83. The van der Waals surface area contributed by atoms with E-state index in [0.717, 1.165) is 34.0 Å². The van der Waals surface area contributed by atoms with E-state index in [0.29, 0.717) is 0 Å². The summed E-state index contributed by atoms with van der Waals surface area (Å²) in [5.41, 5.74) is 5.93. The Bertz CT molecular complexity index is 1040. The second-order valence-electron chi connectivity index (χ2n) is 6.07. The van der Waals surface area contributed by atoms with Crippen LogP contribution >= 0.6 is 0 Å². The average molecular weight is 326 g/mol. The van der Waals surface area contributed by atoms with Crippen LogP contribution in [0.15, 0.2) is 83.2 Å². The Kier molecular flexibility index (Phi) is 3.86. The molecule has 0 amide bonds. The molecule has 25 heavy (non-hydrogen) atoms. The number of hydrogen-bond acceptors (Lipinski definition) is 3. The minimum atomic E-state index is 0.742. The number of nitrogens with zero attached hydrogens (tertiary/aromatic N) is 4. The molecule has 2 aromatic carbocycles. The molecule has 4 aromatic rings. The molecule has 0 bridgehead atoms. The summed E-state index contributed by atoms with van der Waals surface area (Å²) >= 11 is 0. The summed E-state index contributed by atoms with van der Waals surface area (Å²) in [4.78, 5) is 4.83. The van der Waals surface area contributed by atoms with Gasteiger partial charge in [-0.05, 0) is 37.6 Å². The molecule has 2 heterocycles. The smallest absolute Gasteiger partial charge is 0.187 e. The molecule has 0 spiro atoms. The molecule has 4 rings (SSSR count). The van der Waals surface area contributed by atoms with Crippen LogP contribution in [0.4, 0.5) is 11.5 Å². The lowest BCUT2D eigenvalue weighted by Gasteiger charge is -2.01. The van der Waals surface area contributed by atoms with E-state index in [1.165, 1.54) is 5.56 Å². The van der Waals surface area contributed by atoms with Crippen molar-refractivity contribution in [1.29, 1.82) is 0 Å². The minimum Gasteiger partial charge on any atom is -0.282 e. The summed E-state index contributed by atoms with van der Waals surface area (Å²) in [5, 5.41) is 8.93. The van der Waals surface area contributed by atoms with E-state index in [4.69, 9.17) is 4.98 Å². The number of benzene rings is 2. The highest BCUT2D eigenvalue weighted by molar-refractivity contribution is 5.75. The number of azo groups is 1. The average Bonchev–Trinajstić information content (AvgIpc) is 3.01. The zero-order valence-corrected chi connectivity index (χ0v) is 14.2. The second kappa shape index (κ2) is 6.32. The maximum atomic E-state index is 4.83. The van der Waals surface area contributed by atoms with Crippen molar-refractivity contribution in [3.05, 3.63) is 84.1 Å². The van der Waals surface area contributed by atoms with Crippen molar-refractivity contribution in [3.8, 4) is 11.3 Å². The van der Waals surface area contributed by atoms with Crippen LogP contribution in [0.1, 0.15) is 11.1 Å². The van der Waals surface area contributed by atoms with Crippen molar-refractivity contribution in [2.75, 3.05) is 0 Å². The molecule has 0 saturated heterocycles. The Morgan fingerprint density at radius 2 is 1.56 bits per heavy atom. The van der Waals surface area contributed by atoms with Gasteiger partial charge in [0.05, 0.1) is 5.69 Å². The van der Waals surface area contributed by atoms with Crippen LogP contribution in [0, 0.1) is 13.8 Å². The monoisotopic (exact) mass is 326 g/mol. The van der Waals surface area contributed by atoms with Gasteiger partial charge < -0.3 is 0 Å². The van der Waals surface area contributed by atoms with Gasteiger partial charge in [0.15, 0.2) is 5.82 Å². The fourth-order valence-electron chi connectivity index (χ4n) is 2.79. The third-order valence-corrected chi connectivity index (χ3v) is 4.16. The molecule has 0 aliphatic carbocycles. The number of imidazole rings is 1. The SMILES string of the molecule is Cc1ccc(-c2nc3c(C)cccn3c2N=Nc2ccccc2)cc1. The van der Waals surface area contributed by atoms with E-state index in [-0.39, 0.29) is 0 Å². The van der Waals surface area contributed by atoms with E-state index < -0.39 is 0 Å². The van der Waals surface area contributed by atoms with Crippen LogP contribution in [0.25, 0.3) is 16.9 Å². The van der Waals surface area contributed by atoms with E-state index in [1.807, 2.05) is 47.0 Å². The first kappa shape index (κ1) is 15.3. The quantitative estimate of drug-likeness (QED) is 0.424. The summed E-state index contributed by atoms with van der Waals surface area (Å²) in [6.07, 6.45) is 1.98. The van der Waals surface area contributed by atoms with Crippen LogP contribution in [0.2, 0.25) is 0 Å². The molecule has 0 unspecified atom stereocenters. The molecule has 0 radical (unpaired) electrons. The number of aromatic nitrogens is 2. The van der Waals surface area contributed by atoms with Gasteiger partial charge in [-0.3, -0.25) is 4.40 Å². The topological polar surface area (TPSA) is 42.0 Å². The molecule has 122 valence electrons. The first-order valence-corrected chi connectivity index (χ1v) is 8.24. The van der Waals surface area contributed by atoms with Crippen molar-refractivity contribution < 1.29 is 0 Å². The van der Waals surface area contributed by atoms with Crippen molar-refractivity contribution >= 4 is 17.2 Å². The lowest BCUT2D eigenvalue weighted by molar-refractivity contribution is 1.10. The highest BCUT2D eigenvalue weighted by Crippen LogP contribution is 2.33. The number of hydrogen-bond donors (Lipinski definition) is 0. The largest absolute Gasteiger partial charge is 0.282 e. The van der Waals surface area contributed by atoms with E-state index in [1.54, 1.807) is 0 Å². The van der Waals surface area contributed by atoms with Gasteiger partial charge in [-0.1, -0.05) is 54.1 Å². The van der Waals surface area contributed by atoms with Crippen LogP contribution in [0.3, 0.4) is 0 Å². The summed E-state index contributed by atoms with van der Waals surface area (Å²) in [7, 11) is 0. The van der Waals surface area contributed by atoms with Gasteiger partial charge in [0, 0.05) is 11.8 Å². The highest BCUT2D eigenvalue weighted by Gasteiger charge is 2.15. The third kappa shape index (κ3) is 2.94. The molecule has 0 atom stereocenters. The van der Waals surface area contributed by atoms with Gasteiger partial charge in [-0.15, -0.1) is 10.2 Å². The van der Waals surface area contributed by atoms with E-state index in [9.17, 15) is 0 Å². The predicted molar refractivity (Wildman–Crippen MR) is 101 cm³/mol. The van der Waals surface area contributed by atoms with Crippen LogP contribution in [-0.4, -0.2) is 9.38 Å². The maximum Gasteiger partial charge on any atom is 0.187 e. The molecule has 4 heteroatoms. The molecule has 0 N–H and O–H groups in total. The standard InChI is InChI=1S/C21H18N4/c1-15-10-12-17(13-11-15)19-21(24-23-18-8-4-3-5-9-18)25-14-6-7-16(2)20(25)22-19/h3-14H,1-2H3. The molecule has 0 aliphatic heterocycles. The molecule has 0 saturated carbocycles. The molecular formula is C21H18N4. The lowest BCUT2D eigenvalue weighted by atomic mass is 10.1. The first-order chi connectivity index (χ1) is 12.2. The van der Waals surface area contributed by atoms with Gasteiger partial charge in [-0.2, -0.15) is 0 Å². The summed E-state index contributed by atoms with van der Waals surface area (Å²) in [6, 6.07) is 22.1. The van der Waals surface area contributed by atoms with Crippen molar-refractivity contribution in [3.63, 3.8) is 0 Å². The third-order valence-electron chi connectivity index (χ3n) is 4.16. The number of pyridine rings is 1. The first-order valence-electron chi connectivity index (χ1n) is 8.24. The highest BCUT2D eigenvalue weighted by atomic mass is 15.2. The Balaban J connectivity index is 1.91. The van der Waals surface area contributed by atoms with Crippen LogP contribution in [0.5, 0.6) is 0 Å². The summed E-state index contributed by atoms with van der Waals surface area (Å²) in [5.74, 6) is 0.742. The van der Waals surface area contributed by atoms with Gasteiger partial charge in [0.1, 0.15) is 11.3 Å². The molecule has 4 nitrogen and oxygen atoms in total. The second-order valence-corrected chi connectivity index (χ2v) is 6.07. The van der Waals surface area contributed by atoms with Gasteiger partial charge in [-0.25, -0.2) is 4.98 Å². The van der Waals surface area contributed by atoms with Crippen molar-refractivity contribution in [2.45, 2.75) is 13.8 Å². The normalized spacial score (nSPS) is 11.4. The molecular weight excluding hydrogens is 308 g/mol. The lowest BCUT2D eigenvalue weighted by Crippen LogP contribution is -1.85. The van der Waals surface area contributed by atoms with Crippen molar-refractivity contribution in [2.24, 2.45) is 10.2 Å². The predicted octanol–water partition coefficient (Wildman–Crippen LogP) is 6.03. The number of fused-ring (bicyclic) bond motifs is 1. The van der Waals surface area contributed by atoms with Crippen LogP contribution in [-0.2, 0) is 0 Å². The Morgan fingerprint density at radius 3 is 2.32 bits per heavy atom. The van der Waals surface area contributed by atoms with Gasteiger partial charge in [0.2, 0.25) is 0 Å². The minimum absolute atomic E-state index is 0.742. The van der Waals surface area contributed by atoms with E-state index in [2.05, 4.69) is 54.4 Å². The van der Waals surface area contributed by atoms with Crippen molar-refractivity contribution in [1.82, 2.24) is 9.38 Å². The number of rotatable bonds is 3. The van der Waals surface area contributed by atoms with Gasteiger partial charge in [0.25, 0.3) is 0 Å². The Labute approximate surface area is 146 Å². The molecule has 0 aliphatic rings. The fraction of sp³-hybridized carbons (Fsp3) is 0.0952.